The molecule has 20 heavy (non-hydrogen) atoms. The molecule has 3 heterocycles. The molecule has 0 aromatic heterocycles. The van der Waals surface area contributed by atoms with Crippen molar-refractivity contribution in [1.29, 1.82) is 0 Å². The maximum Gasteiger partial charge on any atom is 0.227 e. The zero-order valence-corrected chi connectivity index (χ0v) is 11.4. The molecule has 5 nitrogen and oxygen atoms in total. The van der Waals surface area contributed by atoms with E-state index in [1.807, 2.05) is 23.1 Å². The predicted octanol–water partition coefficient (Wildman–Crippen LogP) is 1.17. The molecule has 106 valence electrons. The molecule has 0 aliphatic carbocycles. The molecule has 2 saturated heterocycles. The SMILES string of the molecule is O=C1CC2(CCNC2)CN1c1ccc2c(c1)OCCO2. The molecule has 0 radical (unpaired) electrons. The molecule has 4 rings (SSSR count). The Hall–Kier alpha value is -1.75. The largest absolute Gasteiger partial charge is 0.486 e. The van der Waals surface area contributed by atoms with Crippen LogP contribution in [0.3, 0.4) is 0 Å². The zero-order valence-electron chi connectivity index (χ0n) is 11.4. The molecule has 2 fully saturated rings. The van der Waals surface area contributed by atoms with Crippen LogP contribution in [-0.2, 0) is 4.79 Å². The highest BCUT2D eigenvalue weighted by Gasteiger charge is 2.45. The standard InChI is InChI=1S/C15H18N2O3/c18-14-8-15(3-4-16-9-15)10-17(14)11-1-2-12-13(7-11)20-6-5-19-12/h1-2,7,16H,3-6,8-10H2. The first-order chi connectivity index (χ1) is 9.76. The molecule has 1 N–H and O–H groups in total. The molecule has 1 spiro atoms. The summed E-state index contributed by atoms with van der Waals surface area (Å²) >= 11 is 0. The normalized spacial score (nSPS) is 28.4. The minimum absolute atomic E-state index is 0.129. The van der Waals surface area contributed by atoms with Gasteiger partial charge in [0.1, 0.15) is 13.2 Å². The van der Waals surface area contributed by atoms with Gasteiger partial charge in [0.25, 0.3) is 0 Å². The predicted molar refractivity (Wildman–Crippen MR) is 74.3 cm³/mol. The van der Waals surface area contributed by atoms with Crippen LogP contribution in [0.4, 0.5) is 5.69 Å². The molecule has 0 saturated carbocycles. The highest BCUT2D eigenvalue weighted by atomic mass is 16.6. The molecule has 1 unspecified atom stereocenters. The van der Waals surface area contributed by atoms with E-state index in [9.17, 15) is 4.79 Å². The van der Waals surface area contributed by atoms with Crippen LogP contribution >= 0.6 is 0 Å². The fraction of sp³-hybridized carbons (Fsp3) is 0.533. The lowest BCUT2D eigenvalue weighted by Gasteiger charge is -2.24. The van der Waals surface area contributed by atoms with Crippen molar-refractivity contribution in [1.82, 2.24) is 5.32 Å². The number of anilines is 1. The highest BCUT2D eigenvalue weighted by molar-refractivity contribution is 5.96. The van der Waals surface area contributed by atoms with Crippen molar-refractivity contribution in [3.63, 3.8) is 0 Å². The Morgan fingerprint density at radius 2 is 2.05 bits per heavy atom. The number of rotatable bonds is 1. The third-order valence-corrected chi connectivity index (χ3v) is 4.49. The molecule has 0 bridgehead atoms. The van der Waals surface area contributed by atoms with E-state index in [-0.39, 0.29) is 11.3 Å². The lowest BCUT2D eigenvalue weighted by Crippen LogP contribution is -2.30. The fourth-order valence-corrected chi connectivity index (χ4v) is 3.41. The van der Waals surface area contributed by atoms with Crippen LogP contribution in [0, 0.1) is 5.41 Å². The van der Waals surface area contributed by atoms with Crippen molar-refractivity contribution >= 4 is 11.6 Å². The Kier molecular flexibility index (Phi) is 2.63. The number of hydrogen-bond donors (Lipinski definition) is 1. The maximum absolute atomic E-state index is 12.3. The van der Waals surface area contributed by atoms with E-state index >= 15 is 0 Å². The van der Waals surface area contributed by atoms with Gasteiger partial charge in [-0.1, -0.05) is 0 Å². The van der Waals surface area contributed by atoms with Crippen molar-refractivity contribution in [3.8, 4) is 11.5 Å². The third-order valence-electron chi connectivity index (χ3n) is 4.49. The number of benzene rings is 1. The number of nitrogens with one attached hydrogen (secondary N) is 1. The summed E-state index contributed by atoms with van der Waals surface area (Å²) in [6.07, 6.45) is 1.73. The van der Waals surface area contributed by atoms with Crippen LogP contribution in [0.2, 0.25) is 0 Å². The van der Waals surface area contributed by atoms with E-state index in [4.69, 9.17) is 9.47 Å². The summed E-state index contributed by atoms with van der Waals surface area (Å²) in [5, 5.41) is 3.37. The van der Waals surface area contributed by atoms with E-state index in [1.165, 1.54) is 0 Å². The number of nitrogens with zero attached hydrogens (tertiary/aromatic N) is 1. The number of hydrogen-bond acceptors (Lipinski definition) is 4. The minimum Gasteiger partial charge on any atom is -0.486 e. The first-order valence-corrected chi connectivity index (χ1v) is 7.17. The molecular weight excluding hydrogens is 256 g/mol. The Bertz CT molecular complexity index is 552. The van der Waals surface area contributed by atoms with Crippen molar-refractivity contribution in [3.05, 3.63) is 18.2 Å². The van der Waals surface area contributed by atoms with Gasteiger partial charge in [0.05, 0.1) is 0 Å². The van der Waals surface area contributed by atoms with Gasteiger partial charge >= 0.3 is 0 Å². The van der Waals surface area contributed by atoms with E-state index in [0.717, 1.165) is 43.2 Å². The summed E-state index contributed by atoms with van der Waals surface area (Å²) in [5.74, 6) is 1.72. The Morgan fingerprint density at radius 1 is 1.20 bits per heavy atom. The average molecular weight is 274 g/mol. The van der Waals surface area contributed by atoms with Crippen LogP contribution in [0.15, 0.2) is 18.2 Å². The van der Waals surface area contributed by atoms with Gasteiger partial charge in [0.15, 0.2) is 11.5 Å². The van der Waals surface area contributed by atoms with E-state index < -0.39 is 0 Å². The van der Waals surface area contributed by atoms with Gasteiger partial charge in [0.2, 0.25) is 5.91 Å². The van der Waals surface area contributed by atoms with Gasteiger partial charge in [-0.2, -0.15) is 0 Å². The Labute approximate surface area is 117 Å². The van der Waals surface area contributed by atoms with Gasteiger partial charge in [-0.3, -0.25) is 4.79 Å². The van der Waals surface area contributed by atoms with Gasteiger partial charge in [-0.05, 0) is 25.1 Å². The van der Waals surface area contributed by atoms with E-state index in [0.29, 0.717) is 19.6 Å². The molecule has 1 amide bonds. The van der Waals surface area contributed by atoms with Crippen molar-refractivity contribution in [2.24, 2.45) is 5.41 Å². The van der Waals surface area contributed by atoms with Crippen LogP contribution in [0.1, 0.15) is 12.8 Å². The molecule has 5 heteroatoms. The van der Waals surface area contributed by atoms with E-state index in [2.05, 4.69) is 5.32 Å². The summed E-state index contributed by atoms with van der Waals surface area (Å²) in [7, 11) is 0. The smallest absolute Gasteiger partial charge is 0.227 e. The molecule has 1 aromatic carbocycles. The summed E-state index contributed by atoms with van der Waals surface area (Å²) in [4.78, 5) is 14.2. The summed E-state index contributed by atoms with van der Waals surface area (Å²) in [5.41, 5.74) is 1.05. The van der Waals surface area contributed by atoms with Crippen LogP contribution in [0.5, 0.6) is 11.5 Å². The number of fused-ring (bicyclic) bond motifs is 1. The minimum atomic E-state index is 0.129. The first-order valence-electron chi connectivity index (χ1n) is 7.17. The van der Waals surface area contributed by atoms with Crippen LogP contribution in [0.25, 0.3) is 0 Å². The van der Waals surface area contributed by atoms with Crippen molar-refractivity contribution < 1.29 is 14.3 Å². The second-order valence-electron chi connectivity index (χ2n) is 5.91. The molecule has 3 aliphatic heterocycles. The van der Waals surface area contributed by atoms with Gasteiger partial charge < -0.3 is 19.7 Å². The quantitative estimate of drug-likeness (QED) is 0.835. The topological polar surface area (TPSA) is 50.8 Å². The second kappa shape index (κ2) is 4.38. The van der Waals surface area contributed by atoms with Gasteiger partial charge in [0, 0.05) is 36.7 Å². The lowest BCUT2D eigenvalue weighted by molar-refractivity contribution is -0.117. The summed E-state index contributed by atoms with van der Waals surface area (Å²) < 4.78 is 11.1. The number of carbonyl (C=O) groups is 1. The van der Waals surface area contributed by atoms with Crippen LogP contribution in [-0.4, -0.2) is 38.8 Å². The number of amides is 1. The maximum atomic E-state index is 12.3. The summed E-state index contributed by atoms with van der Waals surface area (Å²) in [6.45, 7) is 3.92. The first kappa shape index (κ1) is 12.0. The van der Waals surface area contributed by atoms with Crippen molar-refractivity contribution in [2.45, 2.75) is 12.8 Å². The Balaban J connectivity index is 1.62. The molecule has 3 aliphatic rings. The fourth-order valence-electron chi connectivity index (χ4n) is 3.41. The summed E-state index contributed by atoms with van der Waals surface area (Å²) in [6, 6.07) is 5.77. The number of ether oxygens (including phenoxy) is 2. The number of carbonyl (C=O) groups excluding carboxylic acids is 1. The third kappa shape index (κ3) is 1.85. The molecular formula is C15H18N2O3. The van der Waals surface area contributed by atoms with Gasteiger partial charge in [-0.25, -0.2) is 0 Å². The van der Waals surface area contributed by atoms with Crippen molar-refractivity contribution in [2.75, 3.05) is 37.7 Å². The zero-order chi connectivity index (χ0) is 13.6. The lowest BCUT2D eigenvalue weighted by atomic mass is 9.86. The Morgan fingerprint density at radius 3 is 2.85 bits per heavy atom. The van der Waals surface area contributed by atoms with Crippen LogP contribution < -0.4 is 19.7 Å². The average Bonchev–Trinajstić information content (AvgIpc) is 3.06. The second-order valence-corrected chi connectivity index (χ2v) is 5.91. The molecule has 1 aromatic rings. The van der Waals surface area contributed by atoms with Gasteiger partial charge in [-0.15, -0.1) is 0 Å². The monoisotopic (exact) mass is 274 g/mol. The molecule has 1 atom stereocenters. The highest BCUT2D eigenvalue weighted by Crippen LogP contribution is 2.41. The van der Waals surface area contributed by atoms with E-state index in [1.54, 1.807) is 0 Å².